The van der Waals surface area contributed by atoms with Crippen molar-refractivity contribution in [3.63, 3.8) is 0 Å². The average Bonchev–Trinajstić information content (AvgIpc) is 2.76. The van der Waals surface area contributed by atoms with E-state index in [-0.39, 0.29) is 11.6 Å². The first-order chi connectivity index (χ1) is 14.2. The lowest BCUT2D eigenvalue weighted by Crippen LogP contribution is -2.08. The van der Waals surface area contributed by atoms with Gasteiger partial charge in [-0.25, -0.2) is 9.78 Å². The molecule has 0 aliphatic heterocycles. The standard InChI is InChI=1S/C21H17N5O3/c1-28-21(27)14-8-2-3-9-15(14)26-19-17(22)20(25-12-24-19)29-16-10-4-6-13-7-5-11-23-18(13)16/h2-12H,22H2,1H3,(H,24,25,26). The van der Waals surface area contributed by atoms with Crippen molar-refractivity contribution >= 4 is 34.1 Å². The molecule has 2 aromatic carbocycles. The van der Waals surface area contributed by atoms with E-state index in [1.807, 2.05) is 24.3 Å². The van der Waals surface area contributed by atoms with Gasteiger partial charge in [-0.1, -0.05) is 30.3 Å². The van der Waals surface area contributed by atoms with E-state index < -0.39 is 5.97 Å². The molecule has 0 saturated carbocycles. The molecular weight excluding hydrogens is 370 g/mol. The molecular formula is C21H17N5O3. The summed E-state index contributed by atoms with van der Waals surface area (Å²) >= 11 is 0. The molecule has 0 saturated heterocycles. The van der Waals surface area contributed by atoms with E-state index in [9.17, 15) is 4.79 Å². The smallest absolute Gasteiger partial charge is 0.339 e. The van der Waals surface area contributed by atoms with Crippen molar-refractivity contribution in [1.29, 1.82) is 0 Å². The third-order valence-electron chi connectivity index (χ3n) is 4.24. The number of para-hydroxylation sites is 2. The van der Waals surface area contributed by atoms with Gasteiger partial charge in [0.15, 0.2) is 11.6 Å². The number of hydrogen-bond acceptors (Lipinski definition) is 8. The number of anilines is 3. The summed E-state index contributed by atoms with van der Waals surface area (Å²) in [4.78, 5) is 24.7. The molecule has 8 nitrogen and oxygen atoms in total. The highest BCUT2D eigenvalue weighted by Crippen LogP contribution is 2.34. The van der Waals surface area contributed by atoms with E-state index in [0.717, 1.165) is 5.39 Å². The normalized spacial score (nSPS) is 10.5. The molecule has 0 fully saturated rings. The molecule has 0 unspecified atom stereocenters. The summed E-state index contributed by atoms with van der Waals surface area (Å²) in [6, 6.07) is 16.3. The minimum absolute atomic E-state index is 0.177. The fourth-order valence-corrected chi connectivity index (χ4v) is 2.83. The van der Waals surface area contributed by atoms with E-state index >= 15 is 0 Å². The van der Waals surface area contributed by atoms with Gasteiger partial charge in [0, 0.05) is 11.6 Å². The number of carbonyl (C=O) groups excluding carboxylic acids is 1. The molecule has 0 aliphatic carbocycles. The van der Waals surface area contributed by atoms with Crippen LogP contribution in [0.25, 0.3) is 10.9 Å². The van der Waals surface area contributed by atoms with Gasteiger partial charge >= 0.3 is 5.97 Å². The van der Waals surface area contributed by atoms with Crippen molar-refractivity contribution in [3.8, 4) is 11.6 Å². The lowest BCUT2D eigenvalue weighted by Gasteiger charge is -2.14. The summed E-state index contributed by atoms with van der Waals surface area (Å²) in [5.41, 5.74) is 7.98. The van der Waals surface area contributed by atoms with Gasteiger partial charge in [0.1, 0.15) is 17.5 Å². The largest absolute Gasteiger partial charge is 0.465 e. The maximum atomic E-state index is 12.0. The average molecular weight is 387 g/mol. The number of nitrogens with two attached hydrogens (primary N) is 1. The van der Waals surface area contributed by atoms with Crippen LogP contribution in [0.2, 0.25) is 0 Å². The number of ether oxygens (including phenoxy) is 2. The van der Waals surface area contributed by atoms with Crippen LogP contribution < -0.4 is 15.8 Å². The zero-order valence-corrected chi connectivity index (χ0v) is 15.5. The van der Waals surface area contributed by atoms with Crippen molar-refractivity contribution in [3.05, 3.63) is 72.7 Å². The molecule has 29 heavy (non-hydrogen) atoms. The van der Waals surface area contributed by atoms with Gasteiger partial charge < -0.3 is 20.5 Å². The summed E-state index contributed by atoms with van der Waals surface area (Å²) in [6.07, 6.45) is 3.02. The van der Waals surface area contributed by atoms with Gasteiger partial charge in [0.05, 0.1) is 18.4 Å². The van der Waals surface area contributed by atoms with Crippen LogP contribution in [0, 0.1) is 0 Å². The van der Waals surface area contributed by atoms with E-state index in [1.165, 1.54) is 13.4 Å². The number of pyridine rings is 1. The molecule has 0 bridgehead atoms. The predicted octanol–water partition coefficient (Wildman–Crippen LogP) is 3.93. The Balaban J connectivity index is 1.68. The molecule has 4 rings (SSSR count). The second-order valence-corrected chi connectivity index (χ2v) is 6.04. The second kappa shape index (κ2) is 7.81. The molecule has 2 aromatic heterocycles. The van der Waals surface area contributed by atoms with Crippen molar-refractivity contribution in [2.75, 3.05) is 18.2 Å². The number of nitrogens with one attached hydrogen (secondary N) is 1. The predicted molar refractivity (Wildman–Crippen MR) is 109 cm³/mol. The summed E-state index contributed by atoms with van der Waals surface area (Å²) in [5.74, 6) is 0.532. The Kier molecular flexibility index (Phi) is 4.90. The van der Waals surface area contributed by atoms with Gasteiger partial charge in [-0.3, -0.25) is 4.98 Å². The first kappa shape index (κ1) is 18.2. The van der Waals surface area contributed by atoms with E-state index in [2.05, 4.69) is 20.3 Å². The van der Waals surface area contributed by atoms with Crippen LogP contribution in [0.5, 0.6) is 11.6 Å². The lowest BCUT2D eigenvalue weighted by atomic mass is 10.2. The van der Waals surface area contributed by atoms with E-state index in [0.29, 0.717) is 28.3 Å². The van der Waals surface area contributed by atoms with Crippen molar-refractivity contribution in [2.45, 2.75) is 0 Å². The second-order valence-electron chi connectivity index (χ2n) is 6.04. The molecule has 144 valence electrons. The Morgan fingerprint density at radius 3 is 2.69 bits per heavy atom. The summed E-state index contributed by atoms with van der Waals surface area (Å²) < 4.78 is 10.7. The SMILES string of the molecule is COC(=O)c1ccccc1Nc1ncnc(Oc2cccc3cccnc23)c1N. The third kappa shape index (κ3) is 3.63. The number of hydrogen-bond donors (Lipinski definition) is 2. The highest BCUT2D eigenvalue weighted by Gasteiger charge is 2.16. The third-order valence-corrected chi connectivity index (χ3v) is 4.24. The maximum Gasteiger partial charge on any atom is 0.339 e. The quantitative estimate of drug-likeness (QED) is 0.495. The van der Waals surface area contributed by atoms with Crippen LogP contribution in [0.15, 0.2) is 67.1 Å². The first-order valence-electron chi connectivity index (χ1n) is 8.74. The Hall–Kier alpha value is -4.20. The number of fused-ring (bicyclic) bond motifs is 1. The lowest BCUT2D eigenvalue weighted by molar-refractivity contribution is 0.0602. The Morgan fingerprint density at radius 1 is 1.00 bits per heavy atom. The van der Waals surface area contributed by atoms with Gasteiger partial charge in [0.25, 0.3) is 0 Å². The topological polar surface area (TPSA) is 112 Å². The van der Waals surface area contributed by atoms with Crippen molar-refractivity contribution in [1.82, 2.24) is 15.0 Å². The molecule has 0 aliphatic rings. The minimum Gasteiger partial charge on any atom is -0.465 e. The van der Waals surface area contributed by atoms with Crippen LogP contribution >= 0.6 is 0 Å². The number of nitrogens with zero attached hydrogens (tertiary/aromatic N) is 3. The van der Waals surface area contributed by atoms with Crippen LogP contribution in [-0.2, 0) is 4.74 Å². The molecule has 4 aromatic rings. The van der Waals surface area contributed by atoms with Crippen LogP contribution in [0.1, 0.15) is 10.4 Å². The van der Waals surface area contributed by atoms with E-state index in [1.54, 1.807) is 36.5 Å². The molecule has 0 spiro atoms. The fourth-order valence-electron chi connectivity index (χ4n) is 2.83. The number of methoxy groups -OCH3 is 1. The van der Waals surface area contributed by atoms with Gasteiger partial charge in [-0.15, -0.1) is 0 Å². The molecule has 2 heterocycles. The molecule has 0 amide bonds. The Labute approximate surface area is 166 Å². The number of carbonyl (C=O) groups is 1. The Bertz CT molecular complexity index is 1190. The number of aromatic nitrogens is 3. The molecule has 0 atom stereocenters. The highest BCUT2D eigenvalue weighted by atomic mass is 16.5. The first-order valence-corrected chi connectivity index (χ1v) is 8.74. The number of nitrogen functional groups attached to an aromatic ring is 1. The molecule has 0 radical (unpaired) electrons. The molecule has 8 heteroatoms. The highest BCUT2D eigenvalue weighted by molar-refractivity contribution is 5.96. The van der Waals surface area contributed by atoms with Gasteiger partial charge in [-0.05, 0) is 24.3 Å². The van der Waals surface area contributed by atoms with Gasteiger partial charge in [0.2, 0.25) is 5.88 Å². The summed E-state index contributed by atoms with van der Waals surface area (Å²) in [7, 11) is 1.32. The zero-order valence-electron chi connectivity index (χ0n) is 15.5. The van der Waals surface area contributed by atoms with E-state index in [4.69, 9.17) is 15.2 Å². The van der Waals surface area contributed by atoms with Crippen molar-refractivity contribution in [2.24, 2.45) is 0 Å². The van der Waals surface area contributed by atoms with Crippen LogP contribution in [0.3, 0.4) is 0 Å². The summed E-state index contributed by atoms with van der Waals surface area (Å²) in [5, 5.41) is 3.98. The maximum absolute atomic E-state index is 12.0. The minimum atomic E-state index is -0.473. The molecule has 3 N–H and O–H groups in total. The zero-order chi connectivity index (χ0) is 20.2. The fraction of sp³-hybridized carbons (Fsp3) is 0.0476. The summed E-state index contributed by atoms with van der Waals surface area (Å²) in [6.45, 7) is 0. The number of esters is 1. The number of benzene rings is 2. The van der Waals surface area contributed by atoms with Crippen LogP contribution in [-0.4, -0.2) is 28.0 Å². The van der Waals surface area contributed by atoms with Crippen LogP contribution in [0.4, 0.5) is 17.2 Å². The monoisotopic (exact) mass is 387 g/mol. The number of rotatable bonds is 5. The Morgan fingerprint density at radius 2 is 1.83 bits per heavy atom. The van der Waals surface area contributed by atoms with Crippen molar-refractivity contribution < 1.29 is 14.3 Å². The van der Waals surface area contributed by atoms with Gasteiger partial charge in [-0.2, -0.15) is 4.98 Å².